The smallest absolute Gasteiger partial charge is 0.366 e. The summed E-state index contributed by atoms with van der Waals surface area (Å²) in [4.78, 5) is 18.6. The van der Waals surface area contributed by atoms with Gasteiger partial charge < -0.3 is 38.6 Å². The van der Waals surface area contributed by atoms with E-state index in [1.165, 1.54) is 0 Å². The van der Waals surface area contributed by atoms with Crippen molar-refractivity contribution >= 4 is 101 Å². The molecule has 0 aromatic rings. The molecule has 3 aliphatic rings. The van der Waals surface area contributed by atoms with Crippen molar-refractivity contribution in [3.05, 3.63) is 0 Å². The quantitative estimate of drug-likeness (QED) is 0.0268. The standard InChI is InChI=1S/C18H33O46PS9/c19-16-13(11(61-71(38,39)40)9(60-70(35,36)37)5(53-16)2-51-66(23,24)25)57-17-14(63-73(44,45)46)10(7(58-68(29,30)31)6(55-17)3-52-67(26,27)28)56-18-15(64-74(47,48)49)12(62-72(41,42)43)8(59-69(32,33)34)4(54-18)1-50-65(20,21)22/h4-19H,1-3H2,(H2,20,21,22)(H,23,24,25)(H,26,27,28)(H,29,30,31)(H,32,33,34)(H,35,36,37)(H,38,39,40)(H,41,42,43)(H,44,45,46)(H,47,48,49)/t4-,5-,6-,7-,8-,9-,10?,11+,12+,13?,14+,15+,16?,17-,18-/m1/s1. The van der Waals surface area contributed by atoms with Gasteiger partial charge in [0.05, 0.1) is 19.8 Å². The molecule has 74 heavy (non-hydrogen) atoms. The van der Waals surface area contributed by atoms with Gasteiger partial charge in [0.1, 0.15) is 61.0 Å². The molecule has 3 heterocycles. The van der Waals surface area contributed by atoms with Gasteiger partial charge in [0, 0.05) is 0 Å². The van der Waals surface area contributed by atoms with E-state index in [0.717, 1.165) is 0 Å². The van der Waals surface area contributed by atoms with Crippen molar-refractivity contribution in [3.63, 3.8) is 0 Å². The lowest BCUT2D eigenvalue weighted by Crippen LogP contribution is -2.69. The average molecular weight is 1300 g/mol. The zero-order chi connectivity index (χ0) is 57.4. The van der Waals surface area contributed by atoms with Gasteiger partial charge in [-0.3, -0.25) is 45.5 Å². The van der Waals surface area contributed by atoms with Crippen LogP contribution in [0.5, 0.6) is 0 Å². The van der Waals surface area contributed by atoms with Crippen molar-refractivity contribution in [3.8, 4) is 0 Å². The lowest BCUT2D eigenvalue weighted by molar-refractivity contribution is -0.373. The molecule has 3 saturated heterocycles. The van der Waals surface area contributed by atoms with Gasteiger partial charge in [-0.05, 0) is 0 Å². The van der Waals surface area contributed by atoms with Gasteiger partial charge in [-0.2, -0.15) is 75.8 Å². The average Bonchev–Trinajstić information content (AvgIpc) is 3.11. The van der Waals surface area contributed by atoms with Gasteiger partial charge in [0.15, 0.2) is 31.1 Å². The maximum absolute atomic E-state index is 12.4. The second-order valence-electron chi connectivity index (χ2n) is 13.5. The Bertz CT molecular complexity index is 3060. The Morgan fingerprint density at radius 1 is 0.338 bits per heavy atom. The minimum atomic E-state index is -6.49. The van der Waals surface area contributed by atoms with Crippen molar-refractivity contribution in [1.82, 2.24) is 0 Å². The first-order valence-electron chi connectivity index (χ1n) is 17.3. The van der Waals surface area contributed by atoms with Crippen LogP contribution in [0.4, 0.5) is 0 Å². The summed E-state index contributed by atoms with van der Waals surface area (Å²) in [5.41, 5.74) is 0. The SMILES string of the molecule is O=P(O)(O)OC[C@H]1O[C@H](OC2[C@H](OS(=O)(=O)O)[C@@H](OC3C(O)O[C@H](COS(=O)(=O)O)[C@@H](OS(=O)(=O)O)[C@@H]3OS(=O)(=O)O)O[C@H](COS(=O)(=O)O)[C@H]2OS(=O)(=O)O)[C@@H](OS(=O)(=O)O)[C@@H](OS(=O)(=O)O)[C@@H]1OS(=O)(=O)O. The highest BCUT2D eigenvalue weighted by Crippen LogP contribution is 2.41. The van der Waals surface area contributed by atoms with Crippen LogP contribution in [0.25, 0.3) is 0 Å². The minimum absolute atomic E-state index is 1.85. The van der Waals surface area contributed by atoms with Gasteiger partial charge in [-0.1, -0.05) is 0 Å². The summed E-state index contributed by atoms with van der Waals surface area (Å²) in [5.74, 6) is 0. The van der Waals surface area contributed by atoms with Crippen LogP contribution in [-0.4, -0.2) is 244 Å². The molecule has 0 aromatic carbocycles. The predicted molar refractivity (Wildman–Crippen MR) is 206 cm³/mol. The number of rotatable bonds is 27. The van der Waals surface area contributed by atoms with E-state index < -0.39 is 213 Å². The van der Waals surface area contributed by atoms with E-state index in [4.69, 9.17) is 28.2 Å². The summed E-state index contributed by atoms with van der Waals surface area (Å²) in [6, 6.07) is 0. The van der Waals surface area contributed by atoms with E-state index in [2.05, 4.69) is 42.2 Å². The monoisotopic (exact) mass is 1300 g/mol. The zero-order valence-electron chi connectivity index (χ0n) is 34.2. The largest absolute Gasteiger partial charge is 0.469 e. The number of hydrogen-bond acceptors (Lipinski definition) is 35. The van der Waals surface area contributed by atoms with Gasteiger partial charge in [0.25, 0.3) is 0 Å². The van der Waals surface area contributed by atoms with E-state index in [0.29, 0.717) is 0 Å². The molecule has 0 spiro atoms. The molecule has 3 rings (SSSR count). The molecule has 3 fully saturated rings. The van der Waals surface area contributed by atoms with Crippen LogP contribution in [0.15, 0.2) is 0 Å². The number of phosphoric ester groups is 1. The van der Waals surface area contributed by atoms with Gasteiger partial charge in [0.2, 0.25) is 0 Å². The first-order valence-corrected chi connectivity index (χ1v) is 31.1. The Kier molecular flexibility index (Phi) is 21.9. The predicted octanol–water partition coefficient (Wildman–Crippen LogP) is -9.01. The fourth-order valence-electron chi connectivity index (χ4n) is 6.12. The molecule has 15 atom stereocenters. The van der Waals surface area contributed by atoms with Crippen LogP contribution in [-0.2, 0) is 164 Å². The number of phosphoric acid groups is 1. The fraction of sp³-hybridized carbons (Fsp3) is 1.00. The van der Waals surface area contributed by atoms with Gasteiger partial charge >= 0.3 is 101 Å². The van der Waals surface area contributed by atoms with Crippen molar-refractivity contribution < 1.29 is 202 Å². The molecule has 0 amide bonds. The van der Waals surface area contributed by atoms with Crippen molar-refractivity contribution in [2.24, 2.45) is 0 Å². The third kappa shape index (κ3) is 24.0. The highest BCUT2D eigenvalue weighted by molar-refractivity contribution is 7.82. The summed E-state index contributed by atoms with van der Waals surface area (Å²) in [6.45, 7) is -6.00. The van der Waals surface area contributed by atoms with Crippen LogP contribution in [0.2, 0.25) is 0 Å². The Morgan fingerprint density at radius 2 is 0.595 bits per heavy atom. The number of hydrogen-bond donors (Lipinski definition) is 12. The van der Waals surface area contributed by atoms with Crippen LogP contribution in [0, 0.1) is 0 Å². The molecule has 0 aliphatic carbocycles. The summed E-state index contributed by atoms with van der Waals surface area (Å²) in [5, 5.41) is 11.0. The zero-order valence-corrected chi connectivity index (χ0v) is 42.4. The second-order valence-corrected chi connectivity index (χ2v) is 24.2. The number of ether oxygens (including phenoxy) is 5. The lowest BCUT2D eigenvalue weighted by atomic mass is 9.96. The third-order valence-corrected chi connectivity index (χ3v) is 12.8. The topological polar surface area (TPSA) is 706 Å². The molecule has 3 aliphatic heterocycles. The molecule has 56 heteroatoms. The first kappa shape index (κ1) is 67.0. The fourth-order valence-corrected chi connectivity index (χ4v) is 10.6. The van der Waals surface area contributed by atoms with E-state index in [1.54, 1.807) is 0 Å². The van der Waals surface area contributed by atoms with Crippen molar-refractivity contribution in [2.75, 3.05) is 19.8 Å². The highest BCUT2D eigenvalue weighted by atomic mass is 32.3. The van der Waals surface area contributed by atoms with Crippen LogP contribution in [0.1, 0.15) is 0 Å². The molecule has 0 bridgehead atoms. The Hall–Kier alpha value is -1.30. The van der Waals surface area contributed by atoms with Crippen molar-refractivity contribution in [2.45, 2.75) is 92.1 Å². The minimum Gasteiger partial charge on any atom is -0.366 e. The summed E-state index contributed by atoms with van der Waals surface area (Å²) in [6.07, 6.45) is -50.3. The van der Waals surface area contributed by atoms with Crippen LogP contribution < -0.4 is 0 Å². The molecule has 0 radical (unpaired) electrons. The van der Waals surface area contributed by atoms with E-state index in [9.17, 15) is 132 Å². The molecule has 46 nitrogen and oxygen atoms in total. The molecule has 0 saturated carbocycles. The van der Waals surface area contributed by atoms with E-state index in [-0.39, 0.29) is 0 Å². The molecular weight excluding hydrogens is 1270 g/mol. The maximum Gasteiger partial charge on any atom is 0.469 e. The Balaban J connectivity index is 2.51. The summed E-state index contributed by atoms with van der Waals surface area (Å²) < 4.78 is 380. The Labute approximate surface area is 413 Å². The molecular formula is C18H33O46PS9. The van der Waals surface area contributed by atoms with Crippen LogP contribution >= 0.6 is 7.82 Å². The number of aliphatic hydroxyl groups excluding tert-OH is 1. The van der Waals surface area contributed by atoms with Gasteiger partial charge in [-0.15, -0.1) is 0 Å². The number of aliphatic hydroxyl groups is 1. The normalized spacial score (nSPS) is 32.8. The summed E-state index contributed by atoms with van der Waals surface area (Å²) >= 11 is 0. The van der Waals surface area contributed by atoms with E-state index in [1.807, 2.05) is 0 Å². The summed E-state index contributed by atoms with van der Waals surface area (Å²) in [7, 11) is -61.8. The highest BCUT2D eigenvalue weighted by Gasteiger charge is 2.61. The molecule has 3 unspecified atom stereocenters. The molecule has 0 aromatic heterocycles. The van der Waals surface area contributed by atoms with Gasteiger partial charge in [-0.25, -0.2) is 42.2 Å². The maximum atomic E-state index is 12.4. The molecule has 440 valence electrons. The second kappa shape index (κ2) is 24.2. The van der Waals surface area contributed by atoms with Crippen molar-refractivity contribution in [1.29, 1.82) is 0 Å². The van der Waals surface area contributed by atoms with E-state index >= 15 is 0 Å². The molecule has 12 N–H and O–H groups in total. The lowest BCUT2D eigenvalue weighted by Gasteiger charge is -2.49. The first-order chi connectivity index (χ1) is 32.8. The third-order valence-electron chi connectivity index (χ3n) is 8.17. The Morgan fingerprint density at radius 3 is 0.919 bits per heavy atom. The van der Waals surface area contributed by atoms with Crippen LogP contribution in [0.3, 0.4) is 0 Å².